The number of hydrogen-bond acceptors (Lipinski definition) is 5. The zero-order valence-corrected chi connectivity index (χ0v) is 17.6. The van der Waals surface area contributed by atoms with Gasteiger partial charge >= 0.3 is 5.91 Å². The van der Waals surface area contributed by atoms with Crippen molar-refractivity contribution in [2.24, 2.45) is 5.10 Å². The first kappa shape index (κ1) is 18.7. The molecule has 0 saturated carbocycles. The number of benzene rings is 2. The lowest BCUT2D eigenvalue weighted by atomic mass is 10.2. The lowest BCUT2D eigenvalue weighted by molar-refractivity contribution is 0.0929. The molecule has 0 saturated heterocycles. The van der Waals surface area contributed by atoms with E-state index in [1.54, 1.807) is 32.4 Å². The summed E-state index contributed by atoms with van der Waals surface area (Å²) in [5.41, 5.74) is 3.86. The van der Waals surface area contributed by atoms with E-state index in [1.165, 1.54) is 6.21 Å². The maximum Gasteiger partial charge on any atom is 0.307 e. The zero-order chi connectivity index (χ0) is 18.7. The average Bonchev–Trinajstić information content (AvgIpc) is 3.04. The molecule has 1 N–H and O–H groups in total. The fourth-order valence-corrected chi connectivity index (χ4v) is 3.58. The number of rotatable bonds is 5. The monoisotopic (exact) mass is 528 g/mol. The highest BCUT2D eigenvalue weighted by molar-refractivity contribution is 14.1. The van der Waals surface area contributed by atoms with Gasteiger partial charge in [0.1, 0.15) is 5.58 Å². The van der Waals surface area contributed by atoms with Crippen LogP contribution in [-0.4, -0.2) is 26.3 Å². The SMILES string of the molecule is COc1cc(/C=N/NC(=O)c2cc3cc(Br)ccc3o2)cc(I)c1OC. The fraction of sp³-hybridized carbons (Fsp3) is 0.111. The van der Waals surface area contributed by atoms with Gasteiger partial charge in [-0.15, -0.1) is 0 Å². The Morgan fingerprint density at radius 3 is 2.77 bits per heavy atom. The molecule has 2 aromatic carbocycles. The summed E-state index contributed by atoms with van der Waals surface area (Å²) in [6.45, 7) is 0. The van der Waals surface area contributed by atoms with Crippen LogP contribution in [0.1, 0.15) is 16.1 Å². The van der Waals surface area contributed by atoms with Gasteiger partial charge in [0.05, 0.1) is 24.0 Å². The van der Waals surface area contributed by atoms with Crippen molar-refractivity contribution in [3.8, 4) is 11.5 Å². The number of fused-ring (bicyclic) bond motifs is 1. The molecule has 8 heteroatoms. The maximum atomic E-state index is 12.2. The summed E-state index contributed by atoms with van der Waals surface area (Å²) >= 11 is 5.54. The number of carbonyl (C=O) groups is 1. The average molecular weight is 529 g/mol. The molecular formula is C18H14BrIN2O4. The minimum absolute atomic E-state index is 0.192. The van der Waals surface area contributed by atoms with Crippen LogP contribution in [-0.2, 0) is 0 Å². The van der Waals surface area contributed by atoms with E-state index >= 15 is 0 Å². The molecule has 0 aliphatic heterocycles. The molecule has 0 radical (unpaired) electrons. The molecule has 6 nitrogen and oxygen atoms in total. The third kappa shape index (κ3) is 4.01. The van der Waals surface area contributed by atoms with Crippen LogP contribution in [0.2, 0.25) is 0 Å². The second-order valence-electron chi connectivity index (χ2n) is 5.23. The lowest BCUT2D eigenvalue weighted by Crippen LogP contribution is -2.16. The van der Waals surface area contributed by atoms with Crippen molar-refractivity contribution in [2.75, 3.05) is 14.2 Å². The summed E-state index contributed by atoms with van der Waals surface area (Å²) in [6, 6.07) is 10.8. The molecule has 1 amide bonds. The Hall–Kier alpha value is -2.07. The molecular weight excluding hydrogens is 515 g/mol. The van der Waals surface area contributed by atoms with E-state index < -0.39 is 5.91 Å². The van der Waals surface area contributed by atoms with Crippen LogP contribution in [0.25, 0.3) is 11.0 Å². The van der Waals surface area contributed by atoms with Crippen molar-refractivity contribution in [1.29, 1.82) is 0 Å². The number of nitrogens with one attached hydrogen (secondary N) is 1. The molecule has 1 aromatic heterocycles. The second-order valence-corrected chi connectivity index (χ2v) is 7.31. The van der Waals surface area contributed by atoms with Gasteiger partial charge in [-0.05, 0) is 64.6 Å². The highest BCUT2D eigenvalue weighted by Crippen LogP contribution is 2.33. The first-order chi connectivity index (χ1) is 12.5. The first-order valence-corrected chi connectivity index (χ1v) is 9.33. The molecule has 1 heterocycles. The summed E-state index contributed by atoms with van der Waals surface area (Å²) in [5, 5.41) is 4.82. The Morgan fingerprint density at radius 1 is 1.23 bits per heavy atom. The van der Waals surface area contributed by atoms with Gasteiger partial charge in [-0.3, -0.25) is 4.79 Å². The van der Waals surface area contributed by atoms with E-state index in [9.17, 15) is 4.79 Å². The van der Waals surface area contributed by atoms with Gasteiger partial charge in [0.25, 0.3) is 0 Å². The normalized spacial score (nSPS) is 11.1. The minimum atomic E-state index is -0.427. The molecule has 0 unspecified atom stereocenters. The van der Waals surface area contributed by atoms with E-state index in [0.29, 0.717) is 17.1 Å². The molecule has 26 heavy (non-hydrogen) atoms. The fourth-order valence-electron chi connectivity index (χ4n) is 2.36. The van der Waals surface area contributed by atoms with Crippen molar-refractivity contribution in [3.05, 3.63) is 55.8 Å². The Balaban J connectivity index is 1.75. The third-order valence-electron chi connectivity index (χ3n) is 3.54. The van der Waals surface area contributed by atoms with Crippen LogP contribution in [0.4, 0.5) is 0 Å². The molecule has 0 atom stereocenters. The molecule has 0 aliphatic carbocycles. The van der Waals surface area contributed by atoms with Crippen molar-refractivity contribution in [2.45, 2.75) is 0 Å². The van der Waals surface area contributed by atoms with Gasteiger partial charge in [-0.25, -0.2) is 5.43 Å². The largest absolute Gasteiger partial charge is 0.493 e. The summed E-state index contributed by atoms with van der Waals surface area (Å²) in [7, 11) is 3.15. The Kier molecular flexibility index (Phi) is 5.82. The van der Waals surface area contributed by atoms with E-state index in [1.807, 2.05) is 18.2 Å². The van der Waals surface area contributed by atoms with E-state index in [2.05, 4.69) is 49.0 Å². The number of ether oxygens (including phenoxy) is 2. The molecule has 3 aromatic rings. The standard InChI is InChI=1S/C18H14BrIN2O4/c1-24-15-6-10(5-13(20)17(15)25-2)9-21-22-18(23)16-8-11-7-12(19)3-4-14(11)26-16/h3-9H,1-2H3,(H,22,23)/b21-9+. The number of carbonyl (C=O) groups excluding carboxylic acids is 1. The van der Waals surface area contributed by atoms with Crippen molar-refractivity contribution < 1.29 is 18.7 Å². The number of halogens is 2. The molecule has 0 aliphatic rings. The van der Waals surface area contributed by atoms with Gasteiger partial charge in [0.15, 0.2) is 17.3 Å². The number of methoxy groups -OCH3 is 2. The van der Waals surface area contributed by atoms with E-state index in [0.717, 1.165) is 19.0 Å². The van der Waals surface area contributed by atoms with Crippen LogP contribution in [0.3, 0.4) is 0 Å². The number of furan rings is 1. The maximum absolute atomic E-state index is 12.2. The minimum Gasteiger partial charge on any atom is -0.493 e. The highest BCUT2D eigenvalue weighted by atomic mass is 127. The Labute approximate surface area is 171 Å². The number of amides is 1. The molecule has 0 fully saturated rings. The van der Waals surface area contributed by atoms with Gasteiger partial charge in [-0.2, -0.15) is 5.10 Å². The summed E-state index contributed by atoms with van der Waals surface area (Å²) < 4.78 is 17.9. The van der Waals surface area contributed by atoms with Gasteiger partial charge in [-0.1, -0.05) is 15.9 Å². The number of hydrogen-bond donors (Lipinski definition) is 1. The molecule has 134 valence electrons. The zero-order valence-electron chi connectivity index (χ0n) is 13.9. The van der Waals surface area contributed by atoms with Gasteiger partial charge < -0.3 is 13.9 Å². The molecule has 0 spiro atoms. The quantitative estimate of drug-likeness (QED) is 0.299. The first-order valence-electron chi connectivity index (χ1n) is 7.46. The number of hydrazone groups is 1. The summed E-state index contributed by atoms with van der Waals surface area (Å²) in [6.07, 6.45) is 1.53. The molecule has 3 rings (SSSR count). The Bertz CT molecular complexity index is 1000. The van der Waals surface area contributed by atoms with Crippen LogP contribution in [0.5, 0.6) is 11.5 Å². The van der Waals surface area contributed by atoms with Crippen molar-refractivity contribution in [1.82, 2.24) is 5.43 Å². The molecule has 0 bridgehead atoms. The van der Waals surface area contributed by atoms with Crippen LogP contribution in [0.15, 0.2) is 50.4 Å². The van der Waals surface area contributed by atoms with Gasteiger partial charge in [0.2, 0.25) is 0 Å². The van der Waals surface area contributed by atoms with Gasteiger partial charge in [0, 0.05) is 9.86 Å². The smallest absolute Gasteiger partial charge is 0.307 e. The predicted molar refractivity (Wildman–Crippen MR) is 111 cm³/mol. The van der Waals surface area contributed by atoms with E-state index in [-0.39, 0.29) is 5.76 Å². The summed E-state index contributed by atoms with van der Waals surface area (Å²) in [4.78, 5) is 12.2. The Morgan fingerprint density at radius 2 is 2.04 bits per heavy atom. The van der Waals surface area contributed by atoms with Crippen LogP contribution < -0.4 is 14.9 Å². The van der Waals surface area contributed by atoms with Crippen LogP contribution >= 0.6 is 38.5 Å². The van der Waals surface area contributed by atoms with Crippen LogP contribution in [0, 0.1) is 3.57 Å². The topological polar surface area (TPSA) is 73.1 Å². The highest BCUT2D eigenvalue weighted by Gasteiger charge is 2.12. The number of nitrogens with zero attached hydrogens (tertiary/aromatic N) is 1. The van der Waals surface area contributed by atoms with Crippen molar-refractivity contribution in [3.63, 3.8) is 0 Å². The van der Waals surface area contributed by atoms with E-state index in [4.69, 9.17) is 13.9 Å². The lowest BCUT2D eigenvalue weighted by Gasteiger charge is -2.10. The predicted octanol–water partition coefficient (Wildman–Crippen LogP) is 4.58. The second kappa shape index (κ2) is 8.09. The van der Waals surface area contributed by atoms with Crippen molar-refractivity contribution >= 4 is 61.6 Å². The third-order valence-corrected chi connectivity index (χ3v) is 4.83. The summed E-state index contributed by atoms with van der Waals surface area (Å²) in [5.74, 6) is 1.01.